The van der Waals surface area contributed by atoms with Crippen molar-refractivity contribution in [1.82, 2.24) is 10.3 Å². The molecule has 0 aliphatic rings. The van der Waals surface area contributed by atoms with Crippen LogP contribution in [0, 0.1) is 15.5 Å². The Morgan fingerprint density at radius 1 is 1.00 bits per heavy atom. The molecule has 0 aliphatic carbocycles. The third-order valence-corrected chi connectivity index (χ3v) is 6.45. The van der Waals surface area contributed by atoms with E-state index in [-0.39, 0.29) is 23.6 Å². The number of carbonyl (C=O) groups excluding carboxylic acids is 1. The second kappa shape index (κ2) is 11.8. The first-order valence-electron chi connectivity index (χ1n) is 11.2. The van der Waals surface area contributed by atoms with E-state index in [1.54, 1.807) is 67.0 Å². The number of anilines is 1. The van der Waals surface area contributed by atoms with Gasteiger partial charge in [-0.05, 0) is 48.5 Å². The molecule has 4 N–H and O–H groups in total. The van der Waals surface area contributed by atoms with E-state index < -0.39 is 17.0 Å². The SMILES string of the molecule is N=C(CC(NC(=O)Nc1ccc(Sc2ccc([N+](=O)[O-])cc2)cc1)c1ccccc1O)c1cccnc1. The maximum atomic E-state index is 12.8. The van der Waals surface area contributed by atoms with Crippen molar-refractivity contribution < 1.29 is 14.8 Å². The van der Waals surface area contributed by atoms with Crippen LogP contribution in [-0.2, 0) is 0 Å². The number of non-ortho nitro benzene ring substituents is 1. The summed E-state index contributed by atoms with van der Waals surface area (Å²) < 4.78 is 0. The van der Waals surface area contributed by atoms with Crippen LogP contribution in [0.4, 0.5) is 16.2 Å². The van der Waals surface area contributed by atoms with Gasteiger partial charge in [-0.1, -0.05) is 36.0 Å². The molecule has 9 nitrogen and oxygen atoms in total. The molecule has 0 saturated heterocycles. The molecule has 1 heterocycles. The first-order chi connectivity index (χ1) is 17.9. The average Bonchev–Trinajstić information content (AvgIpc) is 2.90. The molecule has 4 aromatic rings. The van der Waals surface area contributed by atoms with E-state index in [2.05, 4.69) is 15.6 Å². The van der Waals surface area contributed by atoms with E-state index in [1.165, 1.54) is 30.0 Å². The summed E-state index contributed by atoms with van der Waals surface area (Å²) in [5.74, 6) is 0.0272. The predicted molar refractivity (Wildman–Crippen MR) is 142 cm³/mol. The Bertz CT molecular complexity index is 1400. The van der Waals surface area contributed by atoms with Crippen molar-refractivity contribution >= 4 is 34.9 Å². The molecule has 0 fully saturated rings. The van der Waals surface area contributed by atoms with Crippen LogP contribution in [0.2, 0.25) is 0 Å². The highest BCUT2D eigenvalue weighted by molar-refractivity contribution is 7.99. The number of urea groups is 1. The van der Waals surface area contributed by atoms with Gasteiger partial charge in [0, 0.05) is 63.3 Å². The zero-order valence-electron chi connectivity index (χ0n) is 19.5. The summed E-state index contributed by atoms with van der Waals surface area (Å²) >= 11 is 1.44. The lowest BCUT2D eigenvalue weighted by molar-refractivity contribution is -0.384. The lowest BCUT2D eigenvalue weighted by Crippen LogP contribution is -2.34. The number of aromatic hydroxyl groups is 1. The van der Waals surface area contributed by atoms with Crippen molar-refractivity contribution in [2.24, 2.45) is 0 Å². The number of amides is 2. The summed E-state index contributed by atoms with van der Waals surface area (Å²) in [6.07, 6.45) is 3.36. The van der Waals surface area contributed by atoms with Crippen LogP contribution in [0.5, 0.6) is 5.75 Å². The lowest BCUT2D eigenvalue weighted by Gasteiger charge is -2.21. The number of hydrogen-bond donors (Lipinski definition) is 4. The van der Waals surface area contributed by atoms with E-state index in [9.17, 15) is 20.0 Å². The molecule has 3 aromatic carbocycles. The molecular weight excluding hydrogens is 490 g/mol. The first-order valence-corrected chi connectivity index (χ1v) is 12.1. The second-order valence-electron chi connectivity index (χ2n) is 8.01. The van der Waals surface area contributed by atoms with Crippen LogP contribution in [0.3, 0.4) is 0 Å². The summed E-state index contributed by atoms with van der Waals surface area (Å²) in [7, 11) is 0. The van der Waals surface area contributed by atoms with Crippen molar-refractivity contribution in [2.75, 3.05) is 5.32 Å². The molecule has 186 valence electrons. The summed E-state index contributed by atoms with van der Waals surface area (Å²) in [5, 5.41) is 35.3. The van der Waals surface area contributed by atoms with E-state index in [0.29, 0.717) is 16.8 Å². The molecule has 0 spiro atoms. The predicted octanol–water partition coefficient (Wildman–Crippen LogP) is 6.17. The fourth-order valence-corrected chi connectivity index (χ4v) is 4.40. The number of carbonyl (C=O) groups is 1. The maximum absolute atomic E-state index is 12.8. The monoisotopic (exact) mass is 513 g/mol. The molecule has 2 amide bonds. The fraction of sp³-hybridized carbons (Fsp3) is 0.0741. The van der Waals surface area contributed by atoms with Crippen molar-refractivity contribution in [3.05, 3.63) is 119 Å². The Kier molecular flexibility index (Phi) is 8.11. The van der Waals surface area contributed by atoms with Crippen LogP contribution in [-0.4, -0.2) is 26.8 Å². The van der Waals surface area contributed by atoms with E-state index >= 15 is 0 Å². The van der Waals surface area contributed by atoms with Gasteiger partial charge in [0.25, 0.3) is 5.69 Å². The van der Waals surface area contributed by atoms with Crippen molar-refractivity contribution in [2.45, 2.75) is 22.3 Å². The van der Waals surface area contributed by atoms with Crippen LogP contribution < -0.4 is 10.6 Å². The number of para-hydroxylation sites is 1. The molecule has 1 atom stereocenters. The van der Waals surface area contributed by atoms with Gasteiger partial charge in [0.2, 0.25) is 0 Å². The minimum absolute atomic E-state index is 0.0272. The van der Waals surface area contributed by atoms with Gasteiger partial charge >= 0.3 is 6.03 Å². The van der Waals surface area contributed by atoms with Gasteiger partial charge in [-0.3, -0.25) is 15.1 Å². The quantitative estimate of drug-likeness (QED) is 0.120. The lowest BCUT2D eigenvalue weighted by atomic mass is 9.97. The highest BCUT2D eigenvalue weighted by atomic mass is 32.2. The van der Waals surface area contributed by atoms with Gasteiger partial charge in [0.1, 0.15) is 5.75 Å². The summed E-state index contributed by atoms with van der Waals surface area (Å²) in [6.45, 7) is 0. The molecule has 37 heavy (non-hydrogen) atoms. The Hall–Kier alpha value is -4.70. The van der Waals surface area contributed by atoms with E-state index in [0.717, 1.165) is 9.79 Å². The van der Waals surface area contributed by atoms with Gasteiger partial charge in [0.05, 0.1) is 11.0 Å². The summed E-state index contributed by atoms with van der Waals surface area (Å²) in [6, 6.07) is 22.5. The molecule has 4 rings (SSSR count). The number of hydrogen-bond acceptors (Lipinski definition) is 7. The molecule has 0 bridgehead atoms. The van der Waals surface area contributed by atoms with Crippen LogP contribution >= 0.6 is 11.8 Å². The second-order valence-corrected chi connectivity index (χ2v) is 9.16. The highest BCUT2D eigenvalue weighted by Crippen LogP contribution is 2.30. The van der Waals surface area contributed by atoms with Crippen LogP contribution in [0.15, 0.2) is 107 Å². The fourth-order valence-electron chi connectivity index (χ4n) is 3.59. The number of nitro groups is 1. The Balaban J connectivity index is 1.41. The number of phenolic OH excluding ortho intramolecular Hbond substituents is 1. The van der Waals surface area contributed by atoms with Gasteiger partial charge in [-0.15, -0.1) is 0 Å². The Morgan fingerprint density at radius 2 is 1.68 bits per heavy atom. The smallest absolute Gasteiger partial charge is 0.319 e. The first kappa shape index (κ1) is 25.4. The van der Waals surface area contributed by atoms with Crippen molar-refractivity contribution in [1.29, 1.82) is 5.41 Å². The van der Waals surface area contributed by atoms with Gasteiger partial charge in [0.15, 0.2) is 0 Å². The minimum atomic E-state index is -0.647. The standard InChI is InChI=1S/C27H23N5O4S/c28-24(18-4-3-15-29-17-18)16-25(23-5-1-2-6-26(23)33)31-27(34)30-19-7-11-21(12-8-19)37-22-13-9-20(10-14-22)32(35)36/h1-15,17,25,28,33H,16H2,(H2,30,31,34). The third-order valence-electron chi connectivity index (χ3n) is 5.43. The van der Waals surface area contributed by atoms with E-state index in [4.69, 9.17) is 5.41 Å². The number of aromatic nitrogens is 1. The zero-order chi connectivity index (χ0) is 26.2. The van der Waals surface area contributed by atoms with Gasteiger partial charge < -0.3 is 21.1 Å². The average molecular weight is 514 g/mol. The topological polar surface area (TPSA) is 141 Å². The van der Waals surface area contributed by atoms with Gasteiger partial charge in [-0.2, -0.15) is 0 Å². The molecule has 0 radical (unpaired) electrons. The van der Waals surface area contributed by atoms with Gasteiger partial charge in [-0.25, -0.2) is 4.79 Å². The molecule has 0 aliphatic heterocycles. The number of rotatable bonds is 9. The normalized spacial score (nSPS) is 11.4. The number of benzene rings is 3. The van der Waals surface area contributed by atoms with Crippen molar-refractivity contribution in [3.63, 3.8) is 0 Å². The Morgan fingerprint density at radius 3 is 2.30 bits per heavy atom. The highest BCUT2D eigenvalue weighted by Gasteiger charge is 2.20. The van der Waals surface area contributed by atoms with Crippen LogP contribution in [0.1, 0.15) is 23.6 Å². The maximum Gasteiger partial charge on any atom is 0.319 e. The number of pyridine rings is 1. The summed E-state index contributed by atoms with van der Waals surface area (Å²) in [5.41, 5.74) is 2.00. The number of nitro benzene ring substituents is 1. The number of phenols is 1. The molecule has 0 saturated carbocycles. The molecular formula is C27H23N5O4S. The Labute approximate surface area is 217 Å². The summed E-state index contributed by atoms with van der Waals surface area (Å²) in [4.78, 5) is 29.0. The molecule has 1 aromatic heterocycles. The third kappa shape index (κ3) is 6.92. The number of nitrogens with one attached hydrogen (secondary N) is 3. The van der Waals surface area contributed by atoms with Crippen LogP contribution in [0.25, 0.3) is 0 Å². The van der Waals surface area contributed by atoms with Crippen molar-refractivity contribution in [3.8, 4) is 5.75 Å². The van der Waals surface area contributed by atoms with E-state index in [1.807, 2.05) is 12.1 Å². The largest absolute Gasteiger partial charge is 0.508 e. The number of nitrogens with zero attached hydrogens (tertiary/aromatic N) is 2. The minimum Gasteiger partial charge on any atom is -0.508 e. The zero-order valence-corrected chi connectivity index (χ0v) is 20.3. The molecule has 1 unspecified atom stereocenters. The molecule has 10 heteroatoms.